The van der Waals surface area contributed by atoms with Crippen LogP contribution in [0.1, 0.15) is 21.5 Å². The van der Waals surface area contributed by atoms with Gasteiger partial charge in [-0.15, -0.1) is 0 Å². The molecule has 2 aliphatic heterocycles. The molecule has 118 valence electrons. The van der Waals surface area contributed by atoms with E-state index >= 15 is 0 Å². The fourth-order valence-corrected chi connectivity index (χ4v) is 3.17. The summed E-state index contributed by atoms with van der Waals surface area (Å²) in [6.45, 7) is 1.75. The minimum absolute atomic E-state index is 0.128. The molecule has 2 heterocycles. The Morgan fingerprint density at radius 3 is 3.04 bits per heavy atom. The topological polar surface area (TPSA) is 59.6 Å². The number of benzene rings is 2. The van der Waals surface area contributed by atoms with E-state index in [0.29, 0.717) is 34.3 Å². The van der Waals surface area contributed by atoms with Crippen LogP contribution in [-0.2, 0) is 13.0 Å². The molecule has 0 saturated heterocycles. The lowest BCUT2D eigenvalue weighted by molar-refractivity contribution is 0.102. The molecular formula is C17H15ClN2O3. The second-order valence-electron chi connectivity index (χ2n) is 5.48. The van der Waals surface area contributed by atoms with E-state index in [2.05, 4.69) is 16.7 Å². The predicted octanol–water partition coefficient (Wildman–Crippen LogP) is 2.97. The van der Waals surface area contributed by atoms with Crippen LogP contribution in [0.2, 0.25) is 5.02 Å². The first-order valence-electron chi connectivity index (χ1n) is 7.45. The van der Waals surface area contributed by atoms with E-state index in [1.807, 2.05) is 12.1 Å². The Morgan fingerprint density at radius 2 is 2.13 bits per heavy atom. The van der Waals surface area contributed by atoms with E-state index in [-0.39, 0.29) is 12.7 Å². The first-order valence-corrected chi connectivity index (χ1v) is 7.83. The Labute approximate surface area is 138 Å². The molecule has 2 aromatic rings. The first-order chi connectivity index (χ1) is 11.2. The number of hydrogen-bond donors (Lipinski definition) is 2. The third-order valence-corrected chi connectivity index (χ3v) is 4.43. The summed E-state index contributed by atoms with van der Waals surface area (Å²) in [6, 6.07) is 9.23. The summed E-state index contributed by atoms with van der Waals surface area (Å²) in [5.74, 6) is 0.867. The predicted molar refractivity (Wildman–Crippen MR) is 87.4 cm³/mol. The average Bonchev–Trinajstić information content (AvgIpc) is 3.05. The minimum Gasteiger partial charge on any atom is -0.454 e. The van der Waals surface area contributed by atoms with Gasteiger partial charge in [0.2, 0.25) is 6.79 Å². The Balaban J connectivity index is 1.69. The van der Waals surface area contributed by atoms with Gasteiger partial charge in [0.25, 0.3) is 5.91 Å². The maximum atomic E-state index is 12.7. The first kappa shape index (κ1) is 14.4. The van der Waals surface area contributed by atoms with Crippen LogP contribution >= 0.6 is 11.6 Å². The Bertz CT molecular complexity index is 792. The van der Waals surface area contributed by atoms with Crippen LogP contribution in [-0.4, -0.2) is 19.2 Å². The van der Waals surface area contributed by atoms with Crippen LogP contribution in [0.5, 0.6) is 11.5 Å². The fourth-order valence-electron chi connectivity index (χ4n) is 2.97. The fraction of sp³-hybridized carbons (Fsp3) is 0.235. The average molecular weight is 331 g/mol. The van der Waals surface area contributed by atoms with Gasteiger partial charge in [-0.1, -0.05) is 23.7 Å². The largest absolute Gasteiger partial charge is 0.454 e. The zero-order valence-corrected chi connectivity index (χ0v) is 13.1. The van der Waals surface area contributed by atoms with Gasteiger partial charge in [0.15, 0.2) is 11.5 Å². The number of anilines is 1. The summed E-state index contributed by atoms with van der Waals surface area (Å²) in [6.07, 6.45) is 0.925. The van der Waals surface area contributed by atoms with Crippen molar-refractivity contribution in [3.63, 3.8) is 0 Å². The molecular weight excluding hydrogens is 316 g/mol. The van der Waals surface area contributed by atoms with Gasteiger partial charge in [0, 0.05) is 12.1 Å². The molecule has 4 rings (SSSR count). The van der Waals surface area contributed by atoms with Gasteiger partial charge in [-0.25, -0.2) is 0 Å². The van der Waals surface area contributed by atoms with Crippen molar-refractivity contribution in [2.45, 2.75) is 13.0 Å². The van der Waals surface area contributed by atoms with Gasteiger partial charge in [-0.2, -0.15) is 0 Å². The van der Waals surface area contributed by atoms with E-state index in [0.717, 1.165) is 18.5 Å². The molecule has 0 aromatic heterocycles. The monoisotopic (exact) mass is 330 g/mol. The number of carbonyl (C=O) groups excluding carboxylic acids is 1. The summed E-state index contributed by atoms with van der Waals surface area (Å²) >= 11 is 6.22. The summed E-state index contributed by atoms with van der Waals surface area (Å²) in [5.41, 5.74) is 3.35. The molecule has 0 fully saturated rings. The highest BCUT2D eigenvalue weighted by atomic mass is 35.5. The highest BCUT2D eigenvalue weighted by Gasteiger charge is 2.24. The van der Waals surface area contributed by atoms with Crippen LogP contribution in [0.3, 0.4) is 0 Å². The number of fused-ring (bicyclic) bond motifs is 2. The second-order valence-corrected chi connectivity index (χ2v) is 5.89. The Kier molecular flexibility index (Phi) is 3.59. The highest BCUT2D eigenvalue weighted by Crippen LogP contribution is 2.43. The summed E-state index contributed by atoms with van der Waals surface area (Å²) < 4.78 is 10.8. The summed E-state index contributed by atoms with van der Waals surface area (Å²) in [7, 11) is 0. The van der Waals surface area contributed by atoms with Crippen molar-refractivity contribution >= 4 is 23.2 Å². The van der Waals surface area contributed by atoms with E-state index < -0.39 is 0 Å². The molecule has 2 N–H and O–H groups in total. The lowest BCUT2D eigenvalue weighted by Crippen LogP contribution is -2.27. The molecule has 0 atom stereocenters. The molecule has 1 amide bonds. The zero-order valence-electron chi connectivity index (χ0n) is 12.3. The van der Waals surface area contributed by atoms with E-state index in [1.165, 1.54) is 5.56 Å². The smallest absolute Gasteiger partial charge is 0.256 e. The van der Waals surface area contributed by atoms with Crippen molar-refractivity contribution in [1.29, 1.82) is 0 Å². The summed E-state index contributed by atoms with van der Waals surface area (Å²) in [4.78, 5) is 12.7. The second kappa shape index (κ2) is 5.76. The number of rotatable bonds is 2. The zero-order chi connectivity index (χ0) is 15.8. The molecule has 0 spiro atoms. The normalized spacial score (nSPS) is 15.2. The van der Waals surface area contributed by atoms with E-state index in [9.17, 15) is 4.79 Å². The van der Waals surface area contributed by atoms with Crippen molar-refractivity contribution in [2.75, 3.05) is 18.7 Å². The van der Waals surface area contributed by atoms with E-state index in [4.69, 9.17) is 21.1 Å². The maximum Gasteiger partial charge on any atom is 0.256 e. The number of hydrogen-bond acceptors (Lipinski definition) is 4. The standard InChI is InChI=1S/C17H15ClN2O3/c18-13-4-5-14-16(23-9-22-14)15(13)20-17(21)11-3-1-2-10-6-7-19-8-12(10)11/h1-5,19H,6-9H2,(H,20,21). The van der Waals surface area contributed by atoms with Gasteiger partial charge in [0.1, 0.15) is 5.69 Å². The van der Waals surface area contributed by atoms with E-state index in [1.54, 1.807) is 12.1 Å². The quantitative estimate of drug-likeness (QED) is 0.888. The number of nitrogens with one attached hydrogen (secondary N) is 2. The third kappa shape index (κ3) is 2.52. The molecule has 2 aliphatic rings. The molecule has 2 aromatic carbocycles. The Hall–Kier alpha value is -2.24. The van der Waals surface area contributed by atoms with Crippen LogP contribution in [0.25, 0.3) is 0 Å². The van der Waals surface area contributed by atoms with Crippen molar-refractivity contribution in [1.82, 2.24) is 5.32 Å². The SMILES string of the molecule is O=C(Nc1c(Cl)ccc2c1OCO2)c1cccc2c1CNCC2. The van der Waals surface area contributed by atoms with Crippen LogP contribution < -0.4 is 20.1 Å². The molecule has 0 unspecified atom stereocenters. The Morgan fingerprint density at radius 1 is 1.22 bits per heavy atom. The van der Waals surface area contributed by atoms with Gasteiger partial charge in [-0.05, 0) is 42.3 Å². The molecule has 23 heavy (non-hydrogen) atoms. The van der Waals surface area contributed by atoms with Gasteiger partial charge in [0.05, 0.1) is 5.02 Å². The number of carbonyl (C=O) groups is 1. The molecule has 5 nitrogen and oxygen atoms in total. The van der Waals surface area contributed by atoms with Crippen molar-refractivity contribution < 1.29 is 14.3 Å². The third-order valence-electron chi connectivity index (χ3n) is 4.12. The molecule has 0 aliphatic carbocycles. The molecule has 0 saturated carbocycles. The van der Waals surface area contributed by atoms with Crippen molar-refractivity contribution in [3.05, 3.63) is 52.0 Å². The van der Waals surface area contributed by atoms with Gasteiger partial charge in [-0.3, -0.25) is 4.79 Å². The van der Waals surface area contributed by atoms with Gasteiger partial charge < -0.3 is 20.1 Å². The number of halogens is 1. The minimum atomic E-state index is -0.198. The lowest BCUT2D eigenvalue weighted by Gasteiger charge is -2.20. The molecule has 6 heteroatoms. The maximum absolute atomic E-state index is 12.7. The van der Waals surface area contributed by atoms with Crippen molar-refractivity contribution in [2.24, 2.45) is 0 Å². The lowest BCUT2D eigenvalue weighted by atomic mass is 9.95. The summed E-state index contributed by atoms with van der Waals surface area (Å²) in [5, 5.41) is 6.60. The van der Waals surface area contributed by atoms with Crippen LogP contribution in [0.4, 0.5) is 5.69 Å². The van der Waals surface area contributed by atoms with Crippen LogP contribution in [0, 0.1) is 0 Å². The van der Waals surface area contributed by atoms with Gasteiger partial charge >= 0.3 is 0 Å². The highest BCUT2D eigenvalue weighted by molar-refractivity contribution is 6.34. The molecule has 0 radical (unpaired) electrons. The van der Waals surface area contributed by atoms with Crippen LogP contribution in [0.15, 0.2) is 30.3 Å². The van der Waals surface area contributed by atoms with Crippen molar-refractivity contribution in [3.8, 4) is 11.5 Å². The number of amides is 1. The molecule has 0 bridgehead atoms. The number of ether oxygens (including phenoxy) is 2.